The number of benzene rings is 4. The van der Waals surface area contributed by atoms with E-state index in [1.807, 2.05) is 42.5 Å². The second-order valence-corrected chi connectivity index (χ2v) is 8.42. The van der Waals surface area contributed by atoms with Crippen molar-refractivity contribution < 1.29 is 19.4 Å². The van der Waals surface area contributed by atoms with Crippen molar-refractivity contribution in [2.75, 3.05) is 13.2 Å². The smallest absolute Gasteiger partial charge is 0.303 e. The Bertz CT molecular complexity index is 1090. The number of hydrogen-bond donors (Lipinski definition) is 1. The maximum atomic E-state index is 10.7. The van der Waals surface area contributed by atoms with Gasteiger partial charge in [-0.3, -0.25) is 4.79 Å². The van der Waals surface area contributed by atoms with Crippen LogP contribution >= 0.6 is 0 Å². The Hall–Kier alpha value is -4.05. The third kappa shape index (κ3) is 6.10. The van der Waals surface area contributed by atoms with E-state index in [-0.39, 0.29) is 11.8 Å². The molecule has 0 atom stereocenters. The summed E-state index contributed by atoms with van der Waals surface area (Å²) in [4.78, 5) is 10.7. The summed E-state index contributed by atoms with van der Waals surface area (Å²) in [5.41, 5.74) is 3.29. The zero-order valence-electron chi connectivity index (χ0n) is 19.7. The van der Waals surface area contributed by atoms with Crippen LogP contribution in [0.15, 0.2) is 115 Å². The fraction of sp³-hybridized carbons (Fsp3) is 0.194. The standard InChI is InChI=1S/C31H30O4/c32-30(33)20-11-22-34-28-18-10-19-29(24-28)35-23-21-31(25-12-4-1-5-13-25,26-14-6-2-7-15-26)27-16-8-3-9-17-27/h1-10,12-19,24H,11,20-23H2,(H,32,33). The van der Waals surface area contributed by atoms with E-state index in [1.54, 1.807) is 0 Å². The van der Waals surface area contributed by atoms with Crippen molar-refractivity contribution in [1.29, 1.82) is 0 Å². The number of rotatable bonds is 12. The molecule has 0 aromatic heterocycles. The summed E-state index contributed by atoms with van der Waals surface area (Å²) in [7, 11) is 0. The zero-order chi connectivity index (χ0) is 24.3. The van der Waals surface area contributed by atoms with Crippen LogP contribution in [0.25, 0.3) is 0 Å². The summed E-state index contributed by atoms with van der Waals surface area (Å²) in [5, 5.41) is 8.79. The molecule has 4 aromatic carbocycles. The molecule has 1 N–H and O–H groups in total. The van der Waals surface area contributed by atoms with Crippen molar-refractivity contribution in [2.45, 2.75) is 24.7 Å². The lowest BCUT2D eigenvalue weighted by Gasteiger charge is -2.36. The van der Waals surface area contributed by atoms with Crippen molar-refractivity contribution in [3.63, 3.8) is 0 Å². The Morgan fingerprint density at radius 1 is 0.629 bits per heavy atom. The fourth-order valence-electron chi connectivity index (χ4n) is 4.49. The first-order valence-corrected chi connectivity index (χ1v) is 11.9. The summed E-state index contributed by atoms with van der Waals surface area (Å²) in [6, 6.07) is 39.3. The number of hydrogen-bond acceptors (Lipinski definition) is 3. The van der Waals surface area contributed by atoms with Crippen molar-refractivity contribution >= 4 is 5.97 Å². The highest BCUT2D eigenvalue weighted by molar-refractivity contribution is 5.66. The molecule has 0 fully saturated rings. The van der Waals surface area contributed by atoms with Gasteiger partial charge in [-0.05, 0) is 41.7 Å². The predicted octanol–water partition coefficient (Wildman–Crippen LogP) is 6.73. The summed E-state index contributed by atoms with van der Waals surface area (Å²) < 4.78 is 11.9. The van der Waals surface area contributed by atoms with E-state index in [0.717, 1.165) is 12.2 Å². The van der Waals surface area contributed by atoms with Gasteiger partial charge in [0.25, 0.3) is 0 Å². The Labute approximate surface area is 206 Å². The third-order valence-corrected chi connectivity index (χ3v) is 6.15. The minimum atomic E-state index is -0.815. The molecule has 0 saturated heterocycles. The lowest BCUT2D eigenvalue weighted by Crippen LogP contribution is -2.31. The molecule has 0 saturated carbocycles. The van der Waals surface area contributed by atoms with Crippen LogP contribution in [0.2, 0.25) is 0 Å². The van der Waals surface area contributed by atoms with Crippen LogP contribution in [0.4, 0.5) is 0 Å². The number of carboxylic acids is 1. The summed E-state index contributed by atoms with van der Waals surface area (Å²) in [6.45, 7) is 0.857. The Morgan fingerprint density at radius 3 is 1.54 bits per heavy atom. The second kappa shape index (κ2) is 11.9. The summed E-state index contributed by atoms with van der Waals surface area (Å²) in [6.07, 6.45) is 1.31. The molecule has 0 bridgehead atoms. The van der Waals surface area contributed by atoms with Gasteiger partial charge in [0, 0.05) is 17.9 Å². The van der Waals surface area contributed by atoms with E-state index < -0.39 is 5.97 Å². The highest BCUT2D eigenvalue weighted by atomic mass is 16.5. The molecule has 0 heterocycles. The molecule has 4 nitrogen and oxygen atoms in total. The van der Waals surface area contributed by atoms with Crippen molar-refractivity contribution in [3.8, 4) is 11.5 Å². The predicted molar refractivity (Wildman–Crippen MR) is 138 cm³/mol. The van der Waals surface area contributed by atoms with E-state index in [9.17, 15) is 4.79 Å². The quantitative estimate of drug-likeness (QED) is 0.186. The molecule has 4 aromatic rings. The average molecular weight is 467 g/mol. The van der Waals surface area contributed by atoms with Crippen LogP contribution in [0.3, 0.4) is 0 Å². The minimum absolute atomic E-state index is 0.0940. The third-order valence-electron chi connectivity index (χ3n) is 6.15. The molecule has 0 aliphatic rings. The fourth-order valence-corrected chi connectivity index (χ4v) is 4.49. The van der Waals surface area contributed by atoms with Crippen molar-refractivity contribution in [3.05, 3.63) is 132 Å². The first kappa shape index (κ1) is 24.1. The molecule has 35 heavy (non-hydrogen) atoms. The van der Waals surface area contributed by atoms with Gasteiger partial charge in [-0.2, -0.15) is 0 Å². The van der Waals surface area contributed by atoms with Crippen LogP contribution in [-0.2, 0) is 10.2 Å². The van der Waals surface area contributed by atoms with Gasteiger partial charge in [-0.1, -0.05) is 97.1 Å². The summed E-state index contributed by atoms with van der Waals surface area (Å²) >= 11 is 0. The highest BCUT2D eigenvalue weighted by Gasteiger charge is 2.36. The van der Waals surface area contributed by atoms with Gasteiger partial charge in [-0.25, -0.2) is 0 Å². The van der Waals surface area contributed by atoms with Crippen LogP contribution in [0.1, 0.15) is 36.0 Å². The van der Waals surface area contributed by atoms with E-state index in [0.29, 0.717) is 25.4 Å². The number of carbonyl (C=O) groups is 1. The molecule has 0 spiro atoms. The molecule has 0 radical (unpaired) electrons. The van der Waals surface area contributed by atoms with Gasteiger partial charge < -0.3 is 14.6 Å². The van der Waals surface area contributed by atoms with Crippen LogP contribution in [0, 0.1) is 0 Å². The molecule has 4 heteroatoms. The molecule has 0 amide bonds. The lowest BCUT2D eigenvalue weighted by atomic mass is 9.67. The van der Waals surface area contributed by atoms with Crippen LogP contribution in [0.5, 0.6) is 11.5 Å². The lowest BCUT2D eigenvalue weighted by molar-refractivity contribution is -0.137. The Kier molecular flexibility index (Phi) is 8.18. The van der Waals surface area contributed by atoms with Gasteiger partial charge in [0.1, 0.15) is 11.5 Å². The minimum Gasteiger partial charge on any atom is -0.493 e. The zero-order valence-corrected chi connectivity index (χ0v) is 19.7. The first-order valence-electron chi connectivity index (χ1n) is 11.9. The topological polar surface area (TPSA) is 55.8 Å². The van der Waals surface area contributed by atoms with Crippen molar-refractivity contribution in [1.82, 2.24) is 0 Å². The van der Waals surface area contributed by atoms with E-state index in [2.05, 4.69) is 72.8 Å². The monoisotopic (exact) mass is 466 g/mol. The molecule has 0 aliphatic heterocycles. The summed E-state index contributed by atoms with van der Waals surface area (Å²) in [5.74, 6) is 0.585. The molecular formula is C31H30O4. The van der Waals surface area contributed by atoms with Gasteiger partial charge in [0.15, 0.2) is 0 Å². The molecule has 178 valence electrons. The Morgan fingerprint density at radius 2 is 1.09 bits per heavy atom. The number of ether oxygens (including phenoxy) is 2. The highest BCUT2D eigenvalue weighted by Crippen LogP contribution is 2.42. The molecular weight excluding hydrogens is 436 g/mol. The SMILES string of the molecule is O=C(O)CCCOc1cccc(OCCC(c2ccccc2)(c2ccccc2)c2ccccc2)c1. The maximum Gasteiger partial charge on any atom is 0.303 e. The number of aliphatic carboxylic acids is 1. The average Bonchev–Trinajstić information content (AvgIpc) is 2.91. The number of carboxylic acid groups (broad SMARTS) is 1. The second-order valence-electron chi connectivity index (χ2n) is 8.42. The normalized spacial score (nSPS) is 11.1. The van der Waals surface area contributed by atoms with Crippen LogP contribution in [-0.4, -0.2) is 24.3 Å². The van der Waals surface area contributed by atoms with Gasteiger partial charge in [-0.15, -0.1) is 0 Å². The Balaban J connectivity index is 1.57. The largest absolute Gasteiger partial charge is 0.493 e. The van der Waals surface area contributed by atoms with Gasteiger partial charge in [0.05, 0.1) is 13.2 Å². The van der Waals surface area contributed by atoms with Gasteiger partial charge >= 0.3 is 5.97 Å². The van der Waals surface area contributed by atoms with Gasteiger partial charge in [0.2, 0.25) is 0 Å². The first-order chi connectivity index (χ1) is 17.2. The molecule has 0 aliphatic carbocycles. The van der Waals surface area contributed by atoms with E-state index >= 15 is 0 Å². The van der Waals surface area contributed by atoms with E-state index in [1.165, 1.54) is 16.7 Å². The van der Waals surface area contributed by atoms with Crippen LogP contribution < -0.4 is 9.47 Å². The molecule has 4 rings (SSSR count). The molecule has 0 unspecified atom stereocenters. The van der Waals surface area contributed by atoms with Crippen molar-refractivity contribution in [2.24, 2.45) is 0 Å². The maximum absolute atomic E-state index is 10.7. The van der Waals surface area contributed by atoms with E-state index in [4.69, 9.17) is 14.6 Å².